The highest BCUT2D eigenvalue weighted by Crippen LogP contribution is 2.70. The Morgan fingerprint density at radius 3 is 2.55 bits per heavy atom. The first-order valence-electron chi connectivity index (χ1n) is 10.4. The quantitative estimate of drug-likeness (QED) is 0.319. The van der Waals surface area contributed by atoms with E-state index in [1.165, 1.54) is 6.07 Å². The molecule has 1 aliphatic carbocycles. The molecule has 0 saturated heterocycles. The number of benzene rings is 2. The van der Waals surface area contributed by atoms with E-state index >= 15 is 0 Å². The molecule has 2 unspecified atom stereocenters. The third-order valence-corrected chi connectivity index (χ3v) is 6.72. The predicted molar refractivity (Wildman–Crippen MR) is 119 cm³/mol. The number of ketones is 1. The Bertz CT molecular complexity index is 1330. The average molecular weight is 416 g/mol. The fourth-order valence-electron chi connectivity index (χ4n) is 4.83. The molecule has 0 spiro atoms. The number of methoxy groups -OCH3 is 1. The summed E-state index contributed by atoms with van der Waals surface area (Å²) in [6.45, 7) is 7.86. The number of carbonyl (C=O) groups excluding carboxylic acids is 1. The van der Waals surface area contributed by atoms with Crippen LogP contribution in [0.4, 0.5) is 0 Å². The number of hydrogen-bond donors (Lipinski definition) is 0. The fraction of sp³-hybridized carbons (Fsp3) is 0.308. The Morgan fingerprint density at radius 1 is 1.19 bits per heavy atom. The molecule has 1 saturated carbocycles. The van der Waals surface area contributed by atoms with Gasteiger partial charge >= 0.3 is 5.63 Å². The molecule has 5 rings (SSSR count). The molecule has 2 aromatic carbocycles. The van der Waals surface area contributed by atoms with Gasteiger partial charge < -0.3 is 13.9 Å². The minimum Gasteiger partial charge on any atom is -0.495 e. The van der Waals surface area contributed by atoms with E-state index < -0.39 is 5.63 Å². The molecule has 1 fully saturated rings. The van der Waals surface area contributed by atoms with Crippen molar-refractivity contribution in [2.45, 2.75) is 39.7 Å². The van der Waals surface area contributed by atoms with E-state index in [4.69, 9.17) is 13.9 Å². The van der Waals surface area contributed by atoms with Crippen LogP contribution in [-0.4, -0.2) is 19.0 Å². The van der Waals surface area contributed by atoms with Crippen LogP contribution in [0.25, 0.3) is 22.1 Å². The van der Waals surface area contributed by atoms with Gasteiger partial charge in [0.15, 0.2) is 11.4 Å². The maximum absolute atomic E-state index is 13.5. The molecule has 5 nitrogen and oxygen atoms in total. The molecule has 0 N–H and O–H groups in total. The summed E-state index contributed by atoms with van der Waals surface area (Å²) in [4.78, 5) is 26.1. The fourth-order valence-corrected chi connectivity index (χ4v) is 4.83. The van der Waals surface area contributed by atoms with E-state index in [-0.39, 0.29) is 34.4 Å². The molecule has 0 radical (unpaired) electrons. The first-order chi connectivity index (χ1) is 14.8. The topological polar surface area (TPSA) is 65.7 Å². The van der Waals surface area contributed by atoms with Gasteiger partial charge in [-0.2, -0.15) is 0 Å². The molecule has 3 aromatic rings. The summed E-state index contributed by atoms with van der Waals surface area (Å²) in [6, 6.07) is 11.1. The van der Waals surface area contributed by atoms with Crippen molar-refractivity contribution in [2.24, 2.45) is 5.41 Å². The third-order valence-electron chi connectivity index (χ3n) is 6.72. The molecule has 0 amide bonds. The Hall–Kier alpha value is -3.34. The summed E-state index contributed by atoms with van der Waals surface area (Å²) in [7, 11) is 1.55. The van der Waals surface area contributed by atoms with Gasteiger partial charge in [0.1, 0.15) is 23.2 Å². The molecule has 2 heterocycles. The van der Waals surface area contributed by atoms with Gasteiger partial charge in [-0.15, -0.1) is 0 Å². The van der Waals surface area contributed by atoms with Gasteiger partial charge in [0, 0.05) is 28.5 Å². The molecule has 1 aliphatic heterocycles. The van der Waals surface area contributed by atoms with Crippen LogP contribution in [0.15, 0.2) is 57.3 Å². The summed E-state index contributed by atoms with van der Waals surface area (Å²) < 4.78 is 17.9. The van der Waals surface area contributed by atoms with Crippen LogP contribution in [0.5, 0.6) is 11.5 Å². The summed E-state index contributed by atoms with van der Waals surface area (Å²) in [5.41, 5.74) is 2.92. The second-order valence-electron chi connectivity index (χ2n) is 8.84. The van der Waals surface area contributed by atoms with Gasteiger partial charge in [0.05, 0.1) is 12.5 Å². The van der Waals surface area contributed by atoms with Crippen molar-refractivity contribution in [2.75, 3.05) is 7.11 Å². The molecule has 5 heteroatoms. The Kier molecular flexibility index (Phi) is 4.16. The second-order valence-corrected chi connectivity index (χ2v) is 8.84. The van der Waals surface area contributed by atoms with Crippen molar-refractivity contribution in [3.8, 4) is 22.6 Å². The average Bonchev–Trinajstić information content (AvgIpc) is 3.10. The van der Waals surface area contributed by atoms with Crippen LogP contribution in [0.1, 0.15) is 49.5 Å². The first kappa shape index (κ1) is 19.6. The number of hydrogen-bond acceptors (Lipinski definition) is 5. The predicted octanol–water partition coefficient (Wildman–Crippen LogP) is 5.50. The zero-order valence-electron chi connectivity index (χ0n) is 18.2. The standard InChI is InChI=1S/C26H24O5/c1-6-13(2)21(28)19-22(29-5)18-20-25(26(20,3)4)31-23(18)17-15(12-16(27)30-24(17)19)14-10-8-7-9-11-14/h6-12,20,25H,1-5H3/b13-6+. The number of Topliss-reactive ketones (excluding diaryl/α,β-unsaturated/α-hetero) is 1. The molecule has 158 valence electrons. The zero-order valence-corrected chi connectivity index (χ0v) is 18.2. The summed E-state index contributed by atoms with van der Waals surface area (Å²) in [6.07, 6.45) is 1.75. The van der Waals surface area contributed by atoms with Gasteiger partial charge in [-0.25, -0.2) is 4.79 Å². The Labute approximate surface area is 180 Å². The number of allylic oxidation sites excluding steroid dienone is 2. The maximum Gasteiger partial charge on any atom is 0.336 e. The molecule has 1 aromatic heterocycles. The van der Waals surface area contributed by atoms with E-state index in [1.807, 2.05) is 37.3 Å². The van der Waals surface area contributed by atoms with Crippen molar-refractivity contribution < 1.29 is 18.7 Å². The van der Waals surface area contributed by atoms with Crippen LogP contribution in [0.2, 0.25) is 0 Å². The zero-order chi connectivity index (χ0) is 22.1. The number of ether oxygens (including phenoxy) is 2. The Morgan fingerprint density at radius 2 is 1.90 bits per heavy atom. The highest BCUT2D eigenvalue weighted by molar-refractivity contribution is 6.19. The molecular formula is C26H24O5. The molecule has 31 heavy (non-hydrogen) atoms. The number of rotatable bonds is 4. The molecule has 2 atom stereocenters. The lowest BCUT2D eigenvalue weighted by Gasteiger charge is -2.21. The van der Waals surface area contributed by atoms with Gasteiger partial charge in [0.25, 0.3) is 0 Å². The molecule has 0 bridgehead atoms. The first-order valence-corrected chi connectivity index (χ1v) is 10.4. The van der Waals surface area contributed by atoms with Gasteiger partial charge in [-0.1, -0.05) is 50.3 Å². The highest BCUT2D eigenvalue weighted by Gasteiger charge is 2.67. The summed E-state index contributed by atoms with van der Waals surface area (Å²) >= 11 is 0. The van der Waals surface area contributed by atoms with Gasteiger partial charge in [-0.3, -0.25) is 4.79 Å². The van der Waals surface area contributed by atoms with Crippen LogP contribution in [-0.2, 0) is 0 Å². The third kappa shape index (κ3) is 2.62. The van der Waals surface area contributed by atoms with Crippen molar-refractivity contribution in [3.63, 3.8) is 0 Å². The van der Waals surface area contributed by atoms with E-state index in [9.17, 15) is 9.59 Å². The normalized spacial score (nSPS) is 20.7. The minimum absolute atomic E-state index is 0.00307. The van der Waals surface area contributed by atoms with E-state index in [0.717, 1.165) is 11.1 Å². The SMILES string of the molecule is C/C=C(\C)C(=O)c1c(OC)c2c(c3c(-c4ccccc4)cc(=O)oc13)OC1C2C1(C)C. The van der Waals surface area contributed by atoms with Crippen molar-refractivity contribution >= 4 is 16.8 Å². The van der Waals surface area contributed by atoms with Crippen LogP contribution in [0.3, 0.4) is 0 Å². The lowest BCUT2D eigenvalue weighted by molar-refractivity contribution is 0.103. The van der Waals surface area contributed by atoms with Gasteiger partial charge in [-0.05, 0) is 25.0 Å². The van der Waals surface area contributed by atoms with E-state index in [2.05, 4.69) is 13.8 Å². The number of fused-ring (bicyclic) bond motifs is 5. The van der Waals surface area contributed by atoms with Crippen molar-refractivity contribution in [3.05, 3.63) is 69.6 Å². The lowest BCUT2D eigenvalue weighted by Crippen LogP contribution is -2.12. The smallest absolute Gasteiger partial charge is 0.336 e. The monoisotopic (exact) mass is 416 g/mol. The van der Waals surface area contributed by atoms with Crippen molar-refractivity contribution in [1.29, 1.82) is 0 Å². The molecule has 2 aliphatic rings. The Balaban J connectivity index is 1.97. The second kappa shape index (κ2) is 6.58. The van der Waals surface area contributed by atoms with Crippen LogP contribution in [0, 0.1) is 5.41 Å². The molecular weight excluding hydrogens is 392 g/mol. The van der Waals surface area contributed by atoms with Gasteiger partial charge in [0.2, 0.25) is 0 Å². The van der Waals surface area contributed by atoms with Crippen LogP contribution >= 0.6 is 0 Å². The van der Waals surface area contributed by atoms with E-state index in [0.29, 0.717) is 28.0 Å². The summed E-state index contributed by atoms with van der Waals surface area (Å²) in [5.74, 6) is 0.996. The summed E-state index contributed by atoms with van der Waals surface area (Å²) in [5, 5.41) is 0.650. The maximum atomic E-state index is 13.5. The number of carbonyl (C=O) groups is 1. The minimum atomic E-state index is -0.524. The highest BCUT2D eigenvalue weighted by atomic mass is 16.5. The lowest BCUT2D eigenvalue weighted by atomic mass is 9.90. The largest absolute Gasteiger partial charge is 0.495 e. The van der Waals surface area contributed by atoms with Crippen molar-refractivity contribution in [1.82, 2.24) is 0 Å². The van der Waals surface area contributed by atoms with E-state index in [1.54, 1.807) is 20.1 Å². The van der Waals surface area contributed by atoms with Crippen LogP contribution < -0.4 is 15.1 Å².